The highest BCUT2D eigenvalue weighted by molar-refractivity contribution is 9.10. The second-order valence-corrected chi connectivity index (χ2v) is 4.28. The Kier molecular flexibility index (Phi) is 3.84. The van der Waals surface area contributed by atoms with Crippen molar-refractivity contribution in [2.24, 2.45) is 5.73 Å². The fourth-order valence-electron chi connectivity index (χ4n) is 1.37. The lowest BCUT2D eigenvalue weighted by Gasteiger charge is -2.08. The number of carbonyl (C=O) groups is 1. The van der Waals surface area contributed by atoms with Crippen LogP contribution in [0.5, 0.6) is 17.2 Å². The largest absolute Gasteiger partial charge is 0.456 e. The summed E-state index contributed by atoms with van der Waals surface area (Å²) in [7, 11) is 0. The van der Waals surface area contributed by atoms with Crippen LogP contribution in [0.25, 0.3) is 0 Å². The molecule has 0 saturated carbocycles. The molecule has 2 aromatic rings. The van der Waals surface area contributed by atoms with Crippen LogP contribution in [0.2, 0.25) is 0 Å². The van der Waals surface area contributed by atoms with Crippen molar-refractivity contribution in [3.63, 3.8) is 0 Å². The van der Waals surface area contributed by atoms with E-state index < -0.39 is 6.09 Å². The molecule has 0 fully saturated rings. The van der Waals surface area contributed by atoms with Gasteiger partial charge in [0.05, 0.1) is 4.47 Å². The highest BCUT2D eigenvalue weighted by Gasteiger charge is 2.04. The molecule has 5 heteroatoms. The molecule has 0 aliphatic rings. The van der Waals surface area contributed by atoms with Gasteiger partial charge in [-0.3, -0.25) is 0 Å². The number of para-hydroxylation sites is 1. The molecule has 0 spiro atoms. The molecular formula is C13H10BrNO3. The molecule has 0 heterocycles. The summed E-state index contributed by atoms with van der Waals surface area (Å²) in [5, 5.41) is 0. The smallest absolute Gasteiger partial charge is 0.409 e. The lowest BCUT2D eigenvalue weighted by atomic mass is 10.3. The van der Waals surface area contributed by atoms with E-state index in [4.69, 9.17) is 15.2 Å². The maximum Gasteiger partial charge on any atom is 0.409 e. The van der Waals surface area contributed by atoms with Gasteiger partial charge in [0.15, 0.2) is 0 Å². The van der Waals surface area contributed by atoms with E-state index in [1.54, 1.807) is 24.3 Å². The zero-order valence-corrected chi connectivity index (χ0v) is 10.9. The van der Waals surface area contributed by atoms with Crippen LogP contribution in [-0.2, 0) is 0 Å². The Morgan fingerprint density at radius 1 is 1.06 bits per heavy atom. The first-order chi connectivity index (χ1) is 8.65. The Morgan fingerprint density at radius 2 is 1.78 bits per heavy atom. The van der Waals surface area contributed by atoms with Gasteiger partial charge in [-0.2, -0.15) is 0 Å². The fourth-order valence-corrected chi connectivity index (χ4v) is 1.74. The van der Waals surface area contributed by atoms with Crippen LogP contribution in [0.3, 0.4) is 0 Å². The maximum atomic E-state index is 10.6. The molecule has 0 bridgehead atoms. The monoisotopic (exact) mass is 307 g/mol. The summed E-state index contributed by atoms with van der Waals surface area (Å²) < 4.78 is 11.3. The minimum Gasteiger partial charge on any atom is -0.456 e. The lowest BCUT2D eigenvalue weighted by Crippen LogP contribution is -2.16. The number of amides is 1. The zero-order valence-electron chi connectivity index (χ0n) is 9.30. The minimum absolute atomic E-state index is 0.340. The van der Waals surface area contributed by atoms with E-state index in [1.807, 2.05) is 24.3 Å². The van der Waals surface area contributed by atoms with Gasteiger partial charge in [0.25, 0.3) is 0 Å². The van der Waals surface area contributed by atoms with Crippen molar-refractivity contribution in [1.29, 1.82) is 0 Å². The first-order valence-electron chi connectivity index (χ1n) is 5.15. The average molecular weight is 308 g/mol. The van der Waals surface area contributed by atoms with E-state index in [9.17, 15) is 4.79 Å². The zero-order chi connectivity index (χ0) is 13.0. The SMILES string of the molecule is NC(=O)Oc1cccc(Oc2ccccc2Br)c1. The number of carbonyl (C=O) groups excluding carboxylic acids is 1. The molecular weight excluding hydrogens is 298 g/mol. The second-order valence-electron chi connectivity index (χ2n) is 3.43. The van der Waals surface area contributed by atoms with Crippen LogP contribution in [0, 0.1) is 0 Å². The van der Waals surface area contributed by atoms with Gasteiger partial charge >= 0.3 is 6.09 Å². The second kappa shape index (κ2) is 5.55. The molecule has 0 saturated heterocycles. The molecule has 92 valence electrons. The summed E-state index contributed by atoms with van der Waals surface area (Å²) in [6.07, 6.45) is -0.854. The van der Waals surface area contributed by atoms with Crippen molar-refractivity contribution in [1.82, 2.24) is 0 Å². The molecule has 2 aromatic carbocycles. The Hall–Kier alpha value is -2.01. The number of hydrogen-bond donors (Lipinski definition) is 1. The van der Waals surface area contributed by atoms with Crippen LogP contribution in [-0.4, -0.2) is 6.09 Å². The molecule has 0 atom stereocenters. The maximum absolute atomic E-state index is 10.6. The number of nitrogens with two attached hydrogens (primary N) is 1. The van der Waals surface area contributed by atoms with Crippen LogP contribution in [0.1, 0.15) is 0 Å². The van der Waals surface area contributed by atoms with Crippen LogP contribution >= 0.6 is 15.9 Å². The predicted molar refractivity (Wildman–Crippen MR) is 70.9 cm³/mol. The normalized spacial score (nSPS) is 9.83. The summed E-state index contributed by atoms with van der Waals surface area (Å²) >= 11 is 3.38. The molecule has 1 amide bonds. The van der Waals surface area contributed by atoms with Crippen LogP contribution in [0.15, 0.2) is 53.0 Å². The van der Waals surface area contributed by atoms with E-state index >= 15 is 0 Å². The van der Waals surface area contributed by atoms with Crippen molar-refractivity contribution < 1.29 is 14.3 Å². The molecule has 2 rings (SSSR count). The summed E-state index contributed by atoms with van der Waals surface area (Å²) in [5.41, 5.74) is 4.94. The van der Waals surface area contributed by atoms with E-state index in [0.717, 1.165) is 4.47 Å². The molecule has 0 aliphatic carbocycles. The van der Waals surface area contributed by atoms with Crippen LogP contribution in [0.4, 0.5) is 4.79 Å². The van der Waals surface area contributed by atoms with Gasteiger partial charge in [0.1, 0.15) is 17.2 Å². The first kappa shape index (κ1) is 12.4. The quantitative estimate of drug-likeness (QED) is 0.940. The van der Waals surface area contributed by atoms with Crippen molar-refractivity contribution in [2.75, 3.05) is 0 Å². The van der Waals surface area contributed by atoms with Crippen LogP contribution < -0.4 is 15.2 Å². The average Bonchev–Trinajstić information content (AvgIpc) is 2.32. The van der Waals surface area contributed by atoms with E-state index in [-0.39, 0.29) is 0 Å². The third-order valence-electron chi connectivity index (χ3n) is 2.09. The molecule has 0 aromatic heterocycles. The fraction of sp³-hybridized carbons (Fsp3) is 0. The summed E-state index contributed by atoms with van der Waals surface area (Å²) in [5.74, 6) is 1.57. The van der Waals surface area contributed by atoms with E-state index in [2.05, 4.69) is 15.9 Å². The predicted octanol–water partition coefficient (Wildman–Crippen LogP) is 3.70. The van der Waals surface area contributed by atoms with Crippen molar-refractivity contribution in [3.05, 3.63) is 53.0 Å². The van der Waals surface area contributed by atoms with Crippen molar-refractivity contribution >= 4 is 22.0 Å². The molecule has 0 radical (unpaired) electrons. The van der Waals surface area contributed by atoms with Gasteiger partial charge in [-0.25, -0.2) is 4.79 Å². The van der Waals surface area contributed by atoms with Gasteiger partial charge in [-0.15, -0.1) is 0 Å². The summed E-state index contributed by atoms with van der Waals surface area (Å²) in [6, 6.07) is 14.1. The molecule has 4 nitrogen and oxygen atoms in total. The Bertz CT molecular complexity index is 572. The molecule has 2 N–H and O–H groups in total. The number of hydrogen-bond acceptors (Lipinski definition) is 3. The third-order valence-corrected chi connectivity index (χ3v) is 2.74. The number of halogens is 1. The Morgan fingerprint density at radius 3 is 2.50 bits per heavy atom. The van der Waals surface area contributed by atoms with Gasteiger partial charge in [-0.05, 0) is 40.2 Å². The third kappa shape index (κ3) is 3.24. The van der Waals surface area contributed by atoms with Gasteiger partial charge in [-0.1, -0.05) is 18.2 Å². The van der Waals surface area contributed by atoms with Crippen molar-refractivity contribution in [3.8, 4) is 17.2 Å². The molecule has 0 unspecified atom stereocenters. The summed E-state index contributed by atoms with van der Waals surface area (Å²) in [6.45, 7) is 0. The minimum atomic E-state index is -0.854. The standard InChI is InChI=1S/C13H10BrNO3/c14-11-6-1-2-7-12(11)17-9-4-3-5-10(8-9)18-13(15)16/h1-8H,(H2,15,16). The number of rotatable bonds is 3. The number of primary amides is 1. The van der Waals surface area contributed by atoms with E-state index in [0.29, 0.717) is 17.2 Å². The topological polar surface area (TPSA) is 61.6 Å². The van der Waals surface area contributed by atoms with E-state index in [1.165, 1.54) is 0 Å². The van der Waals surface area contributed by atoms with Crippen molar-refractivity contribution in [2.45, 2.75) is 0 Å². The summed E-state index contributed by atoms with van der Waals surface area (Å²) in [4.78, 5) is 10.6. The highest BCUT2D eigenvalue weighted by Crippen LogP contribution is 2.30. The van der Waals surface area contributed by atoms with Gasteiger partial charge < -0.3 is 15.2 Å². The Labute approximate surface area is 112 Å². The number of benzene rings is 2. The molecule has 0 aliphatic heterocycles. The highest BCUT2D eigenvalue weighted by atomic mass is 79.9. The number of ether oxygens (including phenoxy) is 2. The van der Waals surface area contributed by atoms with Gasteiger partial charge in [0, 0.05) is 6.07 Å². The lowest BCUT2D eigenvalue weighted by molar-refractivity contribution is 0.211. The van der Waals surface area contributed by atoms with Gasteiger partial charge in [0.2, 0.25) is 0 Å². The Balaban J connectivity index is 2.19. The molecule has 18 heavy (non-hydrogen) atoms. The first-order valence-corrected chi connectivity index (χ1v) is 5.94.